The number of phenolic OH excluding ortho intramolecular Hbond substituents is 1. The maximum Gasteiger partial charge on any atom is 0.231 e. The molecule has 3 aromatic rings. The number of hydrogen-bond donors (Lipinski definition) is 1. The molecule has 4 rings (SSSR count). The molecule has 112 valence electrons. The van der Waals surface area contributed by atoms with Gasteiger partial charge >= 0.3 is 0 Å². The van der Waals surface area contributed by atoms with Crippen LogP contribution in [0.5, 0.6) is 28.7 Å². The molecule has 0 amide bonds. The second-order valence-corrected chi connectivity index (χ2v) is 5.02. The number of aromatic hydroxyl groups is 1. The lowest BCUT2D eigenvalue weighted by molar-refractivity contribution is 0.172. The molecule has 0 saturated carbocycles. The van der Waals surface area contributed by atoms with Crippen LogP contribution in [0, 0.1) is 0 Å². The molecular weight excluding hydrogens is 284 g/mol. The Morgan fingerprint density at radius 2 is 1.73 bits per heavy atom. The van der Waals surface area contributed by atoms with Crippen molar-refractivity contribution in [1.82, 2.24) is 0 Å². The van der Waals surface area contributed by atoms with Crippen LogP contribution in [-0.4, -0.2) is 26.1 Å². The van der Waals surface area contributed by atoms with Gasteiger partial charge in [-0.25, -0.2) is 0 Å². The van der Waals surface area contributed by atoms with Crippen LogP contribution in [0.25, 0.3) is 21.5 Å². The molecule has 0 atom stereocenters. The number of benzene rings is 3. The van der Waals surface area contributed by atoms with E-state index in [-0.39, 0.29) is 12.5 Å². The summed E-state index contributed by atoms with van der Waals surface area (Å²) in [5, 5.41) is 13.6. The summed E-state index contributed by atoms with van der Waals surface area (Å²) in [6, 6.07) is 9.25. The van der Waals surface area contributed by atoms with Gasteiger partial charge in [0.25, 0.3) is 0 Å². The Bertz CT molecular complexity index is 901. The summed E-state index contributed by atoms with van der Waals surface area (Å²) in [6.07, 6.45) is 0. The van der Waals surface area contributed by atoms with Crippen LogP contribution in [-0.2, 0) is 0 Å². The summed E-state index contributed by atoms with van der Waals surface area (Å²) in [5.41, 5.74) is 0. The predicted molar refractivity (Wildman–Crippen MR) is 82.3 cm³/mol. The standard InChI is InChI=1S/C17H14O5/c1-19-13-7-9-3-4-11-10(5-6-12(18)15(11)20-2)14(9)17-16(13)21-8-22-17/h3-7,18H,8H2,1-2H3. The quantitative estimate of drug-likeness (QED) is 0.734. The van der Waals surface area contributed by atoms with Crippen molar-refractivity contribution in [1.29, 1.82) is 0 Å². The third-order valence-electron chi connectivity index (χ3n) is 3.94. The molecule has 0 saturated heterocycles. The fourth-order valence-electron chi connectivity index (χ4n) is 2.98. The lowest BCUT2D eigenvalue weighted by atomic mass is 9.99. The van der Waals surface area contributed by atoms with Gasteiger partial charge in [0.15, 0.2) is 23.0 Å². The van der Waals surface area contributed by atoms with E-state index in [1.165, 1.54) is 7.11 Å². The molecule has 1 heterocycles. The van der Waals surface area contributed by atoms with Gasteiger partial charge in [0.2, 0.25) is 12.5 Å². The molecule has 0 unspecified atom stereocenters. The van der Waals surface area contributed by atoms with E-state index in [0.29, 0.717) is 23.0 Å². The van der Waals surface area contributed by atoms with E-state index in [2.05, 4.69) is 0 Å². The molecule has 0 fully saturated rings. The van der Waals surface area contributed by atoms with Gasteiger partial charge in [-0.05, 0) is 35.0 Å². The van der Waals surface area contributed by atoms with Crippen molar-refractivity contribution < 1.29 is 24.1 Å². The van der Waals surface area contributed by atoms with Crippen LogP contribution >= 0.6 is 0 Å². The summed E-state index contributed by atoms with van der Waals surface area (Å²) in [4.78, 5) is 0. The number of phenols is 1. The first kappa shape index (κ1) is 12.9. The van der Waals surface area contributed by atoms with E-state index in [9.17, 15) is 5.11 Å². The van der Waals surface area contributed by atoms with Gasteiger partial charge in [0, 0.05) is 10.8 Å². The van der Waals surface area contributed by atoms with Crippen molar-refractivity contribution >= 4 is 21.5 Å². The topological polar surface area (TPSA) is 57.2 Å². The SMILES string of the molecule is COc1cc2ccc3c(OC)c(O)ccc3c2c2c1OCO2. The minimum atomic E-state index is 0.108. The first-order chi connectivity index (χ1) is 10.7. The van der Waals surface area contributed by atoms with Gasteiger partial charge in [0.05, 0.1) is 14.2 Å². The maximum absolute atomic E-state index is 9.96. The maximum atomic E-state index is 9.96. The van der Waals surface area contributed by atoms with E-state index >= 15 is 0 Å². The number of hydrogen-bond acceptors (Lipinski definition) is 5. The van der Waals surface area contributed by atoms with Crippen molar-refractivity contribution in [3.63, 3.8) is 0 Å². The lowest BCUT2D eigenvalue weighted by Gasteiger charge is -2.13. The molecule has 1 N–H and O–H groups in total. The van der Waals surface area contributed by atoms with Crippen LogP contribution in [0.15, 0.2) is 30.3 Å². The molecule has 0 aliphatic carbocycles. The molecule has 5 heteroatoms. The van der Waals surface area contributed by atoms with E-state index in [1.54, 1.807) is 13.2 Å². The second kappa shape index (κ2) is 4.59. The van der Waals surface area contributed by atoms with Crippen molar-refractivity contribution in [2.75, 3.05) is 21.0 Å². The van der Waals surface area contributed by atoms with Crippen molar-refractivity contribution in [3.05, 3.63) is 30.3 Å². The Labute approximate surface area is 126 Å². The van der Waals surface area contributed by atoms with Gasteiger partial charge in [0.1, 0.15) is 0 Å². The average molecular weight is 298 g/mol. The van der Waals surface area contributed by atoms with Crippen molar-refractivity contribution in [3.8, 4) is 28.7 Å². The fraction of sp³-hybridized carbons (Fsp3) is 0.176. The van der Waals surface area contributed by atoms with Crippen LogP contribution in [0.3, 0.4) is 0 Å². The third kappa shape index (κ3) is 1.59. The van der Waals surface area contributed by atoms with E-state index in [4.69, 9.17) is 18.9 Å². The molecule has 0 aromatic heterocycles. The predicted octanol–water partition coefficient (Wildman–Crippen LogP) is 3.44. The summed E-state index contributed by atoms with van der Waals surface area (Å²) >= 11 is 0. The minimum absolute atomic E-state index is 0.108. The van der Waals surface area contributed by atoms with E-state index < -0.39 is 0 Å². The van der Waals surface area contributed by atoms with E-state index in [0.717, 1.165) is 21.5 Å². The van der Waals surface area contributed by atoms with Gasteiger partial charge in [-0.15, -0.1) is 0 Å². The summed E-state index contributed by atoms with van der Waals surface area (Å²) in [6.45, 7) is 0.163. The minimum Gasteiger partial charge on any atom is -0.504 e. The molecule has 0 spiro atoms. The normalized spacial score (nSPS) is 12.8. The Balaban J connectivity index is 2.19. The van der Waals surface area contributed by atoms with Gasteiger partial charge in [-0.1, -0.05) is 6.07 Å². The lowest BCUT2D eigenvalue weighted by Crippen LogP contribution is -1.93. The molecule has 5 nitrogen and oxygen atoms in total. The Morgan fingerprint density at radius 3 is 2.50 bits per heavy atom. The van der Waals surface area contributed by atoms with Gasteiger partial charge in [-0.3, -0.25) is 0 Å². The number of ether oxygens (including phenoxy) is 4. The number of fused-ring (bicyclic) bond motifs is 5. The van der Waals surface area contributed by atoms with Crippen LogP contribution in [0.1, 0.15) is 0 Å². The van der Waals surface area contributed by atoms with Gasteiger partial charge < -0.3 is 24.1 Å². The number of methoxy groups -OCH3 is 2. The van der Waals surface area contributed by atoms with Crippen molar-refractivity contribution in [2.24, 2.45) is 0 Å². The van der Waals surface area contributed by atoms with Gasteiger partial charge in [-0.2, -0.15) is 0 Å². The fourth-order valence-corrected chi connectivity index (χ4v) is 2.98. The second-order valence-electron chi connectivity index (χ2n) is 5.02. The summed E-state index contributed by atoms with van der Waals surface area (Å²) in [7, 11) is 3.14. The Hall–Kier alpha value is -2.82. The summed E-state index contributed by atoms with van der Waals surface area (Å²) < 4.78 is 21.9. The van der Waals surface area contributed by atoms with Crippen molar-refractivity contribution in [2.45, 2.75) is 0 Å². The highest BCUT2D eigenvalue weighted by molar-refractivity contribution is 6.14. The first-order valence-electron chi connectivity index (χ1n) is 6.83. The first-order valence-corrected chi connectivity index (χ1v) is 6.83. The number of rotatable bonds is 2. The average Bonchev–Trinajstić information content (AvgIpc) is 3.03. The highest BCUT2D eigenvalue weighted by Gasteiger charge is 2.24. The molecular formula is C17H14O5. The zero-order valence-electron chi connectivity index (χ0n) is 12.2. The third-order valence-corrected chi connectivity index (χ3v) is 3.94. The van der Waals surface area contributed by atoms with E-state index in [1.807, 2.05) is 24.3 Å². The Morgan fingerprint density at radius 1 is 0.955 bits per heavy atom. The van der Waals surface area contributed by atoms with Crippen LogP contribution in [0.4, 0.5) is 0 Å². The largest absolute Gasteiger partial charge is 0.504 e. The van der Waals surface area contributed by atoms with Crippen LogP contribution in [0.2, 0.25) is 0 Å². The smallest absolute Gasteiger partial charge is 0.231 e. The Kier molecular flexibility index (Phi) is 2.69. The molecule has 0 bridgehead atoms. The summed E-state index contributed by atoms with van der Waals surface area (Å²) in [5.74, 6) is 2.46. The molecule has 3 aromatic carbocycles. The highest BCUT2D eigenvalue weighted by Crippen LogP contribution is 2.50. The molecule has 1 aliphatic heterocycles. The highest BCUT2D eigenvalue weighted by atomic mass is 16.7. The monoisotopic (exact) mass is 298 g/mol. The molecule has 0 radical (unpaired) electrons. The zero-order valence-corrected chi connectivity index (χ0v) is 12.2. The molecule has 1 aliphatic rings. The zero-order chi connectivity index (χ0) is 15.3. The van der Waals surface area contributed by atoms with Crippen LogP contribution < -0.4 is 18.9 Å². The molecule has 22 heavy (non-hydrogen) atoms.